The Morgan fingerprint density at radius 1 is 1.33 bits per heavy atom. The molecule has 0 aliphatic carbocycles. The van der Waals surface area contributed by atoms with E-state index in [0.717, 1.165) is 19.3 Å². The van der Waals surface area contributed by atoms with Crippen LogP contribution in [0.3, 0.4) is 0 Å². The van der Waals surface area contributed by atoms with Crippen LogP contribution in [-0.2, 0) is 4.79 Å². The number of thiophene rings is 1. The Kier molecular flexibility index (Phi) is 8.17. The molecule has 1 atom stereocenters. The summed E-state index contributed by atoms with van der Waals surface area (Å²) in [5, 5.41) is 4.42. The first-order chi connectivity index (χ1) is 11.0. The van der Waals surface area contributed by atoms with E-state index in [4.69, 9.17) is 11.5 Å². The lowest BCUT2D eigenvalue weighted by Gasteiger charge is -2.35. The number of halogens is 1. The maximum Gasteiger partial charge on any atom is 0.264 e. The summed E-state index contributed by atoms with van der Waals surface area (Å²) in [5.74, 6) is -0.748. The zero-order chi connectivity index (χ0) is 16.8. The maximum atomic E-state index is 12.7. The molecule has 7 nitrogen and oxygen atoms in total. The van der Waals surface area contributed by atoms with Crippen LogP contribution in [0, 0.1) is 0 Å². The van der Waals surface area contributed by atoms with Crippen molar-refractivity contribution in [1.82, 2.24) is 10.2 Å². The molecule has 2 rings (SSSR count). The van der Waals surface area contributed by atoms with Gasteiger partial charge >= 0.3 is 0 Å². The van der Waals surface area contributed by atoms with Gasteiger partial charge in [-0.15, -0.1) is 23.7 Å². The SMILES string of the molecule is Cl.NCCC(=O)NCC1CCCCN1C(=O)c1cc(C(N)=O)cs1. The van der Waals surface area contributed by atoms with Crippen molar-refractivity contribution in [3.63, 3.8) is 0 Å². The minimum atomic E-state index is -0.537. The third-order valence-electron chi connectivity index (χ3n) is 3.89. The van der Waals surface area contributed by atoms with Gasteiger partial charge in [0.05, 0.1) is 10.4 Å². The van der Waals surface area contributed by atoms with Gasteiger partial charge < -0.3 is 21.7 Å². The third kappa shape index (κ3) is 5.19. The molecule has 1 aliphatic heterocycles. The van der Waals surface area contributed by atoms with Gasteiger partial charge in [0.25, 0.3) is 5.91 Å². The molecular formula is C15H23ClN4O3S. The van der Waals surface area contributed by atoms with Crippen molar-refractivity contribution in [1.29, 1.82) is 0 Å². The number of hydrogen-bond donors (Lipinski definition) is 3. The summed E-state index contributed by atoms with van der Waals surface area (Å²) in [6.45, 7) is 1.39. The monoisotopic (exact) mass is 374 g/mol. The summed E-state index contributed by atoms with van der Waals surface area (Å²) >= 11 is 1.22. The van der Waals surface area contributed by atoms with E-state index < -0.39 is 5.91 Å². The van der Waals surface area contributed by atoms with E-state index in [9.17, 15) is 14.4 Å². The van der Waals surface area contributed by atoms with Crippen LogP contribution >= 0.6 is 23.7 Å². The molecule has 5 N–H and O–H groups in total. The first-order valence-electron chi connectivity index (χ1n) is 7.69. The molecule has 2 heterocycles. The molecular weight excluding hydrogens is 352 g/mol. The average molecular weight is 375 g/mol. The van der Waals surface area contributed by atoms with Crippen LogP contribution < -0.4 is 16.8 Å². The molecule has 134 valence electrons. The highest BCUT2D eigenvalue weighted by atomic mass is 35.5. The highest BCUT2D eigenvalue weighted by molar-refractivity contribution is 7.12. The largest absolute Gasteiger partial charge is 0.366 e. The molecule has 0 aromatic carbocycles. The van der Waals surface area contributed by atoms with Crippen LogP contribution in [0.5, 0.6) is 0 Å². The van der Waals surface area contributed by atoms with Crippen molar-refractivity contribution in [2.45, 2.75) is 31.7 Å². The number of carbonyl (C=O) groups is 3. The van der Waals surface area contributed by atoms with Crippen molar-refractivity contribution >= 4 is 41.5 Å². The minimum absolute atomic E-state index is 0. The highest BCUT2D eigenvalue weighted by Gasteiger charge is 2.28. The number of nitrogens with two attached hydrogens (primary N) is 2. The first kappa shape index (κ1) is 20.4. The van der Waals surface area contributed by atoms with Crippen molar-refractivity contribution in [3.8, 4) is 0 Å². The summed E-state index contributed by atoms with van der Waals surface area (Å²) in [5.41, 5.74) is 10.9. The number of hydrogen-bond acceptors (Lipinski definition) is 5. The fraction of sp³-hybridized carbons (Fsp3) is 0.533. The van der Waals surface area contributed by atoms with Crippen molar-refractivity contribution in [2.24, 2.45) is 11.5 Å². The number of carbonyl (C=O) groups excluding carboxylic acids is 3. The number of likely N-dealkylation sites (tertiary alicyclic amines) is 1. The predicted octanol–water partition coefficient (Wildman–Crippen LogP) is 0.728. The molecule has 1 aliphatic rings. The lowest BCUT2D eigenvalue weighted by Crippen LogP contribution is -2.49. The van der Waals surface area contributed by atoms with E-state index >= 15 is 0 Å². The Morgan fingerprint density at radius 2 is 2.08 bits per heavy atom. The molecule has 0 radical (unpaired) electrons. The maximum absolute atomic E-state index is 12.7. The van der Waals surface area contributed by atoms with Crippen LogP contribution in [0.4, 0.5) is 0 Å². The Morgan fingerprint density at radius 3 is 2.71 bits per heavy atom. The van der Waals surface area contributed by atoms with Gasteiger partial charge in [-0.25, -0.2) is 0 Å². The zero-order valence-corrected chi connectivity index (χ0v) is 15.0. The Bertz CT molecular complexity index is 593. The summed E-state index contributed by atoms with van der Waals surface area (Å²) < 4.78 is 0. The van der Waals surface area contributed by atoms with Gasteiger partial charge in [-0.2, -0.15) is 0 Å². The van der Waals surface area contributed by atoms with Gasteiger partial charge in [-0.3, -0.25) is 14.4 Å². The smallest absolute Gasteiger partial charge is 0.264 e. The second kappa shape index (κ2) is 9.61. The number of primary amides is 1. The van der Waals surface area contributed by atoms with Crippen molar-refractivity contribution in [2.75, 3.05) is 19.6 Å². The average Bonchev–Trinajstić information content (AvgIpc) is 3.03. The summed E-state index contributed by atoms with van der Waals surface area (Å²) in [7, 11) is 0. The summed E-state index contributed by atoms with van der Waals surface area (Å²) in [4.78, 5) is 37.7. The Hall–Kier alpha value is -1.64. The van der Waals surface area contributed by atoms with Crippen LogP contribution in [0.15, 0.2) is 11.4 Å². The summed E-state index contributed by atoms with van der Waals surface area (Å²) in [6.07, 6.45) is 3.10. The minimum Gasteiger partial charge on any atom is -0.366 e. The van der Waals surface area contributed by atoms with E-state index in [1.54, 1.807) is 10.3 Å². The quantitative estimate of drug-likeness (QED) is 0.680. The number of piperidine rings is 1. The van der Waals surface area contributed by atoms with Gasteiger partial charge in [0.2, 0.25) is 11.8 Å². The van der Waals surface area contributed by atoms with E-state index in [0.29, 0.717) is 30.1 Å². The molecule has 24 heavy (non-hydrogen) atoms. The van der Waals surface area contributed by atoms with Gasteiger partial charge in [0.1, 0.15) is 0 Å². The normalized spacial score (nSPS) is 17.0. The molecule has 1 aromatic rings. The zero-order valence-electron chi connectivity index (χ0n) is 13.3. The number of rotatable bonds is 6. The van der Waals surface area contributed by atoms with Crippen molar-refractivity contribution in [3.05, 3.63) is 21.9 Å². The van der Waals surface area contributed by atoms with Crippen LogP contribution in [0.1, 0.15) is 45.7 Å². The van der Waals surface area contributed by atoms with Crippen LogP contribution in [0.2, 0.25) is 0 Å². The number of nitrogens with zero attached hydrogens (tertiary/aromatic N) is 1. The van der Waals surface area contributed by atoms with Crippen LogP contribution in [-0.4, -0.2) is 48.3 Å². The molecule has 1 fully saturated rings. The van der Waals surface area contributed by atoms with E-state index in [1.807, 2.05) is 0 Å². The lowest BCUT2D eigenvalue weighted by molar-refractivity contribution is -0.121. The second-order valence-corrected chi connectivity index (χ2v) is 6.47. The highest BCUT2D eigenvalue weighted by Crippen LogP contribution is 2.23. The van der Waals surface area contributed by atoms with E-state index in [1.165, 1.54) is 17.4 Å². The fourth-order valence-electron chi connectivity index (χ4n) is 2.65. The topological polar surface area (TPSA) is 119 Å². The second-order valence-electron chi connectivity index (χ2n) is 5.55. The standard InChI is InChI=1S/C15H22N4O3S.ClH/c16-5-4-13(20)18-8-11-3-1-2-6-19(11)15(22)12-7-10(9-23-12)14(17)21;/h7,9,11H,1-6,8,16H2,(H2,17,21)(H,18,20);1H. The predicted molar refractivity (Wildman–Crippen MR) is 95.4 cm³/mol. The molecule has 3 amide bonds. The lowest BCUT2D eigenvalue weighted by atomic mass is 10.0. The molecule has 0 spiro atoms. The first-order valence-corrected chi connectivity index (χ1v) is 8.57. The molecule has 9 heteroatoms. The molecule has 1 aromatic heterocycles. The fourth-order valence-corrected chi connectivity index (χ4v) is 3.50. The van der Waals surface area contributed by atoms with Gasteiger partial charge in [-0.1, -0.05) is 0 Å². The molecule has 0 bridgehead atoms. The number of amides is 3. The molecule has 1 saturated heterocycles. The Balaban J connectivity index is 0.00000288. The van der Waals surface area contributed by atoms with Gasteiger partial charge in [0.15, 0.2) is 0 Å². The molecule has 1 unspecified atom stereocenters. The third-order valence-corrected chi connectivity index (χ3v) is 4.81. The number of nitrogens with one attached hydrogen (secondary N) is 1. The Labute approximate surface area is 151 Å². The van der Waals surface area contributed by atoms with Crippen molar-refractivity contribution < 1.29 is 14.4 Å². The van der Waals surface area contributed by atoms with E-state index in [2.05, 4.69) is 5.32 Å². The van der Waals surface area contributed by atoms with Gasteiger partial charge in [-0.05, 0) is 25.3 Å². The van der Waals surface area contributed by atoms with E-state index in [-0.39, 0.29) is 36.7 Å². The van der Waals surface area contributed by atoms with Gasteiger partial charge in [0, 0.05) is 37.5 Å². The summed E-state index contributed by atoms with van der Waals surface area (Å²) in [6, 6.07) is 1.51. The molecule has 0 saturated carbocycles. The van der Waals surface area contributed by atoms with Crippen LogP contribution in [0.25, 0.3) is 0 Å².